The van der Waals surface area contributed by atoms with E-state index in [-0.39, 0.29) is 0 Å². The highest BCUT2D eigenvalue weighted by atomic mass is 15.1. The van der Waals surface area contributed by atoms with Crippen LogP contribution in [0.15, 0.2) is 98.1 Å². The van der Waals surface area contributed by atoms with Gasteiger partial charge in [-0.25, -0.2) is 0 Å². The molecule has 192 valence electrons. The van der Waals surface area contributed by atoms with E-state index < -0.39 is 0 Å². The van der Waals surface area contributed by atoms with E-state index in [0.29, 0.717) is 0 Å². The maximum Gasteiger partial charge on any atom is 0.0391 e. The second-order valence-corrected chi connectivity index (χ2v) is 8.40. The van der Waals surface area contributed by atoms with Gasteiger partial charge in [0.2, 0.25) is 0 Å². The van der Waals surface area contributed by atoms with Crippen molar-refractivity contribution in [2.24, 2.45) is 0 Å². The molecular weight excluding hydrogens is 448 g/mol. The predicted molar refractivity (Wildman–Crippen MR) is 154 cm³/mol. The number of rotatable bonds is 4. The van der Waals surface area contributed by atoms with Crippen molar-refractivity contribution in [3.05, 3.63) is 98.1 Å². The van der Waals surface area contributed by atoms with Gasteiger partial charge in [0.1, 0.15) is 0 Å². The summed E-state index contributed by atoms with van der Waals surface area (Å²) in [5.41, 5.74) is 4.74. The molecule has 4 heterocycles. The number of pyridine rings is 4. The van der Waals surface area contributed by atoms with Crippen LogP contribution < -0.4 is 19.6 Å². The minimum absolute atomic E-state index is 1.19. The van der Waals surface area contributed by atoms with Crippen molar-refractivity contribution in [1.29, 1.82) is 0 Å². The van der Waals surface area contributed by atoms with E-state index in [2.05, 4.69) is 19.9 Å². The highest BCUT2D eigenvalue weighted by Gasteiger charge is 1.90. The minimum atomic E-state index is 1.19. The highest BCUT2D eigenvalue weighted by Crippen LogP contribution is 2.07. The SMILES string of the molecule is CN(C)c1ccncc1.CN(C)c1ccncc1.CN(C)c1ccncc1.CN(C)c1ccncc1. The second kappa shape index (κ2) is 17.3. The lowest BCUT2D eigenvalue weighted by molar-refractivity contribution is 1.12. The fourth-order valence-corrected chi connectivity index (χ4v) is 2.57. The van der Waals surface area contributed by atoms with Crippen LogP contribution in [0, 0.1) is 0 Å². The minimum Gasteiger partial charge on any atom is -0.378 e. The van der Waals surface area contributed by atoms with Crippen molar-refractivity contribution in [1.82, 2.24) is 19.9 Å². The molecule has 4 aromatic rings. The Kier molecular flexibility index (Phi) is 14.3. The average Bonchev–Trinajstić information content (AvgIpc) is 2.92. The van der Waals surface area contributed by atoms with Crippen LogP contribution in [0.5, 0.6) is 0 Å². The summed E-state index contributed by atoms with van der Waals surface area (Å²) in [6.07, 6.45) is 14.3. The molecule has 0 bridgehead atoms. The van der Waals surface area contributed by atoms with Crippen molar-refractivity contribution < 1.29 is 0 Å². The van der Waals surface area contributed by atoms with E-state index in [4.69, 9.17) is 0 Å². The summed E-state index contributed by atoms with van der Waals surface area (Å²) < 4.78 is 0. The molecule has 36 heavy (non-hydrogen) atoms. The molecule has 0 aliphatic carbocycles. The quantitative estimate of drug-likeness (QED) is 0.413. The maximum atomic E-state index is 3.90. The summed E-state index contributed by atoms with van der Waals surface area (Å²) in [7, 11) is 16.1. The maximum absolute atomic E-state index is 3.90. The van der Waals surface area contributed by atoms with Crippen LogP contribution >= 0.6 is 0 Å². The molecule has 0 radical (unpaired) electrons. The van der Waals surface area contributed by atoms with E-state index in [9.17, 15) is 0 Å². The van der Waals surface area contributed by atoms with Gasteiger partial charge in [0.15, 0.2) is 0 Å². The fourth-order valence-electron chi connectivity index (χ4n) is 2.57. The van der Waals surface area contributed by atoms with E-state index in [1.807, 2.05) is 125 Å². The lowest BCUT2D eigenvalue weighted by Crippen LogP contribution is -2.07. The van der Waals surface area contributed by atoms with E-state index in [0.717, 1.165) is 0 Å². The van der Waals surface area contributed by atoms with Gasteiger partial charge < -0.3 is 19.6 Å². The molecule has 0 aliphatic heterocycles. The van der Waals surface area contributed by atoms with E-state index >= 15 is 0 Å². The van der Waals surface area contributed by atoms with Gasteiger partial charge in [0.05, 0.1) is 0 Å². The van der Waals surface area contributed by atoms with E-state index in [1.165, 1.54) is 22.7 Å². The Morgan fingerprint density at radius 2 is 0.444 bits per heavy atom. The van der Waals surface area contributed by atoms with Crippen LogP contribution in [0.4, 0.5) is 22.7 Å². The highest BCUT2D eigenvalue weighted by molar-refractivity contribution is 5.44. The van der Waals surface area contributed by atoms with Gasteiger partial charge in [0, 0.05) is 129 Å². The van der Waals surface area contributed by atoms with Crippen LogP contribution in [0.3, 0.4) is 0 Å². The molecule has 0 amide bonds. The summed E-state index contributed by atoms with van der Waals surface area (Å²) in [5.74, 6) is 0. The zero-order valence-electron chi connectivity index (χ0n) is 22.8. The molecule has 0 aromatic carbocycles. The van der Waals surface area contributed by atoms with Crippen LogP contribution in [-0.4, -0.2) is 76.3 Å². The number of hydrogen-bond donors (Lipinski definition) is 0. The smallest absolute Gasteiger partial charge is 0.0391 e. The molecule has 0 atom stereocenters. The third kappa shape index (κ3) is 12.9. The molecule has 8 nitrogen and oxygen atoms in total. The first-order valence-electron chi connectivity index (χ1n) is 11.5. The Morgan fingerprint density at radius 3 is 0.528 bits per heavy atom. The van der Waals surface area contributed by atoms with Gasteiger partial charge >= 0.3 is 0 Å². The zero-order chi connectivity index (χ0) is 26.8. The van der Waals surface area contributed by atoms with E-state index in [1.54, 1.807) is 49.6 Å². The normalized spacial score (nSPS) is 9.11. The Labute approximate surface area is 216 Å². The molecule has 0 aliphatic rings. The van der Waals surface area contributed by atoms with Gasteiger partial charge in [-0.1, -0.05) is 0 Å². The van der Waals surface area contributed by atoms with Crippen molar-refractivity contribution in [2.45, 2.75) is 0 Å². The Balaban J connectivity index is 0.000000240. The average molecular weight is 489 g/mol. The number of aromatic nitrogens is 4. The van der Waals surface area contributed by atoms with Crippen molar-refractivity contribution in [2.75, 3.05) is 76.0 Å². The molecule has 0 spiro atoms. The number of hydrogen-bond acceptors (Lipinski definition) is 8. The number of nitrogens with zero attached hydrogens (tertiary/aromatic N) is 8. The van der Waals surface area contributed by atoms with Crippen LogP contribution in [0.2, 0.25) is 0 Å². The third-order valence-corrected chi connectivity index (χ3v) is 4.72. The molecular formula is C28H40N8. The molecule has 0 saturated carbocycles. The first kappa shape index (κ1) is 29.8. The monoisotopic (exact) mass is 488 g/mol. The molecule has 0 saturated heterocycles. The van der Waals surface area contributed by atoms with Crippen LogP contribution in [0.1, 0.15) is 0 Å². The van der Waals surface area contributed by atoms with Gasteiger partial charge in [-0.15, -0.1) is 0 Å². The Morgan fingerprint density at radius 1 is 0.306 bits per heavy atom. The predicted octanol–water partition coefficient (Wildman–Crippen LogP) is 4.59. The zero-order valence-corrected chi connectivity index (χ0v) is 22.8. The van der Waals surface area contributed by atoms with Crippen molar-refractivity contribution >= 4 is 22.7 Å². The van der Waals surface area contributed by atoms with Gasteiger partial charge in [-0.3, -0.25) is 19.9 Å². The molecule has 4 rings (SSSR count). The summed E-state index contributed by atoms with van der Waals surface area (Å²) in [5, 5.41) is 0. The number of anilines is 4. The first-order valence-corrected chi connectivity index (χ1v) is 11.5. The summed E-state index contributed by atoms with van der Waals surface area (Å²) >= 11 is 0. The van der Waals surface area contributed by atoms with Crippen LogP contribution in [-0.2, 0) is 0 Å². The lowest BCUT2D eigenvalue weighted by atomic mass is 10.4. The van der Waals surface area contributed by atoms with Gasteiger partial charge in [0.25, 0.3) is 0 Å². The summed E-state index contributed by atoms with van der Waals surface area (Å²) in [4.78, 5) is 23.8. The lowest BCUT2D eigenvalue weighted by Gasteiger charge is -2.10. The molecule has 0 N–H and O–H groups in total. The Bertz CT molecular complexity index is 852. The van der Waals surface area contributed by atoms with Gasteiger partial charge in [-0.2, -0.15) is 0 Å². The van der Waals surface area contributed by atoms with Crippen molar-refractivity contribution in [3.8, 4) is 0 Å². The largest absolute Gasteiger partial charge is 0.378 e. The summed E-state index contributed by atoms with van der Waals surface area (Å²) in [6, 6.07) is 15.8. The molecule has 8 heteroatoms. The standard InChI is InChI=1S/4C7H10N2/c4*1-9(2)7-3-5-8-6-4-7/h4*3-6H,1-2H3. The molecule has 0 unspecified atom stereocenters. The summed E-state index contributed by atoms with van der Waals surface area (Å²) in [6.45, 7) is 0. The Hall–Kier alpha value is -4.20. The molecule has 0 fully saturated rings. The van der Waals surface area contributed by atoms with Crippen molar-refractivity contribution in [3.63, 3.8) is 0 Å². The van der Waals surface area contributed by atoms with Crippen LogP contribution in [0.25, 0.3) is 0 Å². The second-order valence-electron chi connectivity index (χ2n) is 8.40. The van der Waals surface area contributed by atoms with Gasteiger partial charge in [-0.05, 0) is 48.5 Å². The molecule has 4 aromatic heterocycles. The first-order chi connectivity index (χ1) is 17.2. The third-order valence-electron chi connectivity index (χ3n) is 4.72. The topological polar surface area (TPSA) is 64.5 Å². The fraction of sp³-hybridized carbons (Fsp3) is 0.286.